The van der Waals surface area contributed by atoms with E-state index in [1.807, 2.05) is 12.1 Å². The molecule has 0 saturated carbocycles. The number of carbonyl (C=O) groups excluding carboxylic acids is 1. The number of hydrogen-bond donors (Lipinski definition) is 1. The summed E-state index contributed by atoms with van der Waals surface area (Å²) in [4.78, 5) is 15.1. The fourth-order valence-corrected chi connectivity index (χ4v) is 6.93. The average Bonchev–Trinajstić information content (AvgIpc) is 3.11. The molecule has 0 fully saturated rings. The highest BCUT2D eigenvalue weighted by Gasteiger charge is 2.15. The highest BCUT2D eigenvalue weighted by Crippen LogP contribution is 2.21. The molecule has 0 heterocycles. The SMILES string of the molecule is CCCCCCCCCCCCC(O)CN(CCCCCC(=O)OCC(CCCCCC)CCCCCCCC)Cc1ccc(OC)cc1. The molecule has 0 aliphatic carbocycles. The summed E-state index contributed by atoms with van der Waals surface area (Å²) < 4.78 is 11.2. The third kappa shape index (κ3) is 27.8. The van der Waals surface area contributed by atoms with E-state index in [-0.39, 0.29) is 12.1 Å². The van der Waals surface area contributed by atoms with Crippen LogP contribution in [0, 0.1) is 5.92 Å². The van der Waals surface area contributed by atoms with Gasteiger partial charge in [0.05, 0.1) is 19.8 Å². The molecule has 1 rings (SSSR count). The summed E-state index contributed by atoms with van der Waals surface area (Å²) in [5, 5.41) is 10.9. The number of aliphatic hydroxyl groups is 1. The monoisotopic (exact) mass is 688 g/mol. The number of esters is 1. The van der Waals surface area contributed by atoms with Gasteiger partial charge in [-0.25, -0.2) is 0 Å². The number of ether oxygens (including phenoxy) is 2. The normalized spacial score (nSPS) is 12.8. The van der Waals surface area contributed by atoms with Gasteiger partial charge in [0, 0.05) is 19.5 Å². The fourth-order valence-electron chi connectivity index (χ4n) is 6.93. The van der Waals surface area contributed by atoms with Gasteiger partial charge in [0.15, 0.2) is 0 Å². The van der Waals surface area contributed by atoms with Crippen molar-refractivity contribution in [2.24, 2.45) is 5.92 Å². The molecule has 1 aromatic rings. The Morgan fingerprint density at radius 3 is 1.63 bits per heavy atom. The molecule has 0 saturated heterocycles. The van der Waals surface area contributed by atoms with Crippen LogP contribution in [0.5, 0.6) is 5.75 Å². The second-order valence-electron chi connectivity index (χ2n) is 15.0. The average molecular weight is 688 g/mol. The summed E-state index contributed by atoms with van der Waals surface area (Å²) in [7, 11) is 1.70. The predicted octanol–water partition coefficient (Wildman–Crippen LogP) is 12.6. The lowest BCUT2D eigenvalue weighted by molar-refractivity contribution is -0.145. The maximum Gasteiger partial charge on any atom is 0.305 e. The molecule has 2 atom stereocenters. The quantitative estimate of drug-likeness (QED) is 0.0562. The second-order valence-corrected chi connectivity index (χ2v) is 15.0. The highest BCUT2D eigenvalue weighted by molar-refractivity contribution is 5.69. The summed E-state index contributed by atoms with van der Waals surface area (Å²) >= 11 is 0. The molecule has 0 bridgehead atoms. The van der Waals surface area contributed by atoms with Crippen molar-refractivity contribution in [1.29, 1.82) is 0 Å². The van der Waals surface area contributed by atoms with Crippen LogP contribution in [-0.4, -0.2) is 48.9 Å². The molecule has 0 aromatic heterocycles. The predicted molar refractivity (Wildman–Crippen MR) is 210 cm³/mol. The van der Waals surface area contributed by atoms with Crippen LogP contribution < -0.4 is 4.74 Å². The van der Waals surface area contributed by atoms with Gasteiger partial charge in [-0.3, -0.25) is 9.69 Å². The van der Waals surface area contributed by atoms with E-state index >= 15 is 0 Å². The van der Waals surface area contributed by atoms with Crippen LogP contribution in [0.15, 0.2) is 24.3 Å². The van der Waals surface area contributed by atoms with Crippen molar-refractivity contribution in [3.05, 3.63) is 29.8 Å². The number of unbranched alkanes of at least 4 members (excludes halogenated alkanes) is 19. The maximum absolute atomic E-state index is 12.7. The summed E-state index contributed by atoms with van der Waals surface area (Å²) in [6.07, 6.45) is 32.5. The van der Waals surface area contributed by atoms with Crippen molar-refractivity contribution in [2.75, 3.05) is 26.8 Å². The van der Waals surface area contributed by atoms with E-state index in [2.05, 4.69) is 37.8 Å². The van der Waals surface area contributed by atoms with Crippen molar-refractivity contribution in [3.8, 4) is 5.75 Å². The summed E-state index contributed by atoms with van der Waals surface area (Å²) in [5.74, 6) is 1.36. The van der Waals surface area contributed by atoms with Gasteiger partial charge in [-0.05, 0) is 62.3 Å². The van der Waals surface area contributed by atoms with Crippen molar-refractivity contribution >= 4 is 5.97 Å². The number of nitrogens with zero attached hydrogens (tertiary/aromatic N) is 1. The van der Waals surface area contributed by atoms with E-state index in [1.54, 1.807) is 7.11 Å². The Kier molecular flexibility index (Phi) is 31.1. The first kappa shape index (κ1) is 45.4. The van der Waals surface area contributed by atoms with Gasteiger partial charge < -0.3 is 14.6 Å². The first-order valence-electron chi connectivity index (χ1n) is 21.2. The van der Waals surface area contributed by atoms with E-state index in [0.29, 0.717) is 25.5 Å². The van der Waals surface area contributed by atoms with Crippen LogP contribution >= 0.6 is 0 Å². The van der Waals surface area contributed by atoms with Crippen molar-refractivity contribution in [2.45, 2.75) is 207 Å². The molecule has 5 nitrogen and oxygen atoms in total. The Hall–Kier alpha value is -1.59. The van der Waals surface area contributed by atoms with Crippen LogP contribution in [0.4, 0.5) is 0 Å². The zero-order valence-electron chi connectivity index (χ0n) is 33.0. The molecule has 2 unspecified atom stereocenters. The molecule has 0 aliphatic rings. The minimum atomic E-state index is -0.298. The number of hydrogen-bond acceptors (Lipinski definition) is 5. The van der Waals surface area contributed by atoms with Crippen molar-refractivity contribution in [1.82, 2.24) is 4.90 Å². The fraction of sp³-hybridized carbons (Fsp3) is 0.841. The molecular weight excluding hydrogens is 606 g/mol. The van der Waals surface area contributed by atoms with Crippen LogP contribution in [0.3, 0.4) is 0 Å². The molecule has 286 valence electrons. The maximum atomic E-state index is 12.7. The van der Waals surface area contributed by atoms with Crippen LogP contribution in [-0.2, 0) is 16.1 Å². The largest absolute Gasteiger partial charge is 0.497 e. The zero-order valence-corrected chi connectivity index (χ0v) is 33.0. The van der Waals surface area contributed by atoms with E-state index in [9.17, 15) is 9.90 Å². The van der Waals surface area contributed by atoms with Gasteiger partial charge in [-0.2, -0.15) is 0 Å². The first-order valence-corrected chi connectivity index (χ1v) is 21.2. The number of methoxy groups -OCH3 is 1. The molecule has 0 amide bonds. The van der Waals surface area contributed by atoms with Crippen molar-refractivity contribution in [3.63, 3.8) is 0 Å². The Morgan fingerprint density at radius 1 is 0.633 bits per heavy atom. The molecule has 0 spiro atoms. The molecule has 49 heavy (non-hydrogen) atoms. The molecular formula is C44H81NO4. The van der Waals surface area contributed by atoms with Crippen LogP contribution in [0.2, 0.25) is 0 Å². The molecule has 0 aliphatic heterocycles. The van der Waals surface area contributed by atoms with Crippen LogP contribution in [0.25, 0.3) is 0 Å². The minimum absolute atomic E-state index is 0.0245. The minimum Gasteiger partial charge on any atom is -0.497 e. The van der Waals surface area contributed by atoms with Crippen molar-refractivity contribution < 1.29 is 19.4 Å². The smallest absolute Gasteiger partial charge is 0.305 e. The lowest BCUT2D eigenvalue weighted by Gasteiger charge is -2.25. The van der Waals surface area contributed by atoms with E-state index < -0.39 is 0 Å². The lowest BCUT2D eigenvalue weighted by Crippen LogP contribution is -2.33. The zero-order chi connectivity index (χ0) is 35.6. The van der Waals surface area contributed by atoms with Gasteiger partial charge in [-0.1, -0.05) is 168 Å². The molecule has 0 radical (unpaired) electrons. The second kappa shape index (κ2) is 33.5. The summed E-state index contributed by atoms with van der Waals surface area (Å²) in [6, 6.07) is 8.28. The van der Waals surface area contributed by atoms with Gasteiger partial charge >= 0.3 is 5.97 Å². The molecule has 1 N–H and O–H groups in total. The molecule has 5 heteroatoms. The van der Waals surface area contributed by atoms with Gasteiger partial charge in [0.25, 0.3) is 0 Å². The number of carbonyl (C=O) groups is 1. The summed E-state index contributed by atoms with van der Waals surface area (Å²) in [5.41, 5.74) is 1.24. The topological polar surface area (TPSA) is 59.0 Å². The molecule has 1 aromatic carbocycles. The van der Waals surface area contributed by atoms with Gasteiger partial charge in [0.1, 0.15) is 5.75 Å². The number of aliphatic hydroxyl groups excluding tert-OH is 1. The lowest BCUT2D eigenvalue weighted by atomic mass is 9.95. The van der Waals surface area contributed by atoms with Gasteiger partial charge in [0.2, 0.25) is 0 Å². The van der Waals surface area contributed by atoms with Crippen LogP contribution in [0.1, 0.15) is 200 Å². The third-order valence-corrected chi connectivity index (χ3v) is 10.2. The number of rotatable bonds is 36. The van der Waals surface area contributed by atoms with E-state index in [1.165, 1.54) is 140 Å². The Labute approximate surface area is 304 Å². The first-order chi connectivity index (χ1) is 24.0. The third-order valence-electron chi connectivity index (χ3n) is 10.2. The Bertz CT molecular complexity index is 844. The Morgan fingerprint density at radius 2 is 1.10 bits per heavy atom. The number of benzene rings is 1. The van der Waals surface area contributed by atoms with E-state index in [0.717, 1.165) is 50.9 Å². The summed E-state index contributed by atoms with van der Waals surface area (Å²) in [6.45, 7) is 9.85. The van der Waals surface area contributed by atoms with Gasteiger partial charge in [-0.15, -0.1) is 0 Å². The van der Waals surface area contributed by atoms with E-state index in [4.69, 9.17) is 9.47 Å². The standard InChI is InChI=1S/C44H81NO4/c1-5-8-11-14-16-17-18-19-21-25-30-42(46)38-45(37-40-32-34-43(48-4)35-33-40)36-27-22-26-31-44(47)49-39-41(28-23-13-10-7-3)29-24-20-15-12-9-6-2/h32-35,41-42,46H,5-31,36-39H2,1-4H3. The highest BCUT2D eigenvalue weighted by atomic mass is 16.5. The Balaban J connectivity index is 2.41.